The summed E-state index contributed by atoms with van der Waals surface area (Å²) < 4.78 is 9.22. The third-order valence-electron chi connectivity index (χ3n) is 0.327. The van der Waals surface area contributed by atoms with Crippen molar-refractivity contribution in [1.29, 1.82) is 0 Å². The summed E-state index contributed by atoms with van der Waals surface area (Å²) in [5.41, 5.74) is 0. The van der Waals surface area contributed by atoms with Gasteiger partial charge in [-0.2, -0.15) is 0 Å². The van der Waals surface area contributed by atoms with E-state index in [-0.39, 0.29) is 0 Å². The van der Waals surface area contributed by atoms with Crippen molar-refractivity contribution < 1.29 is 13.6 Å². The summed E-state index contributed by atoms with van der Waals surface area (Å²) >= 11 is 0. The quantitative estimate of drug-likeness (QED) is 0.294. The van der Waals surface area contributed by atoms with Gasteiger partial charge in [-0.3, -0.25) is 0 Å². The van der Waals surface area contributed by atoms with Gasteiger partial charge in [0.2, 0.25) is 6.08 Å². The van der Waals surface area contributed by atoms with Crippen molar-refractivity contribution in [3.8, 4) is 0 Å². The molecule has 4 nitrogen and oxygen atoms in total. The SMILES string of the molecule is CN=C=O.CO[SiH2]OC. The van der Waals surface area contributed by atoms with Gasteiger partial charge in [-0.25, -0.2) is 9.79 Å². The summed E-state index contributed by atoms with van der Waals surface area (Å²) in [7, 11) is 4.11. The number of hydrogen-bond donors (Lipinski definition) is 0. The summed E-state index contributed by atoms with van der Waals surface area (Å²) in [4.78, 5) is 11.8. The Morgan fingerprint density at radius 1 is 1.44 bits per heavy atom. The first-order valence-electron chi connectivity index (χ1n) is 2.27. The fraction of sp³-hybridized carbons (Fsp3) is 0.750. The molecule has 0 amide bonds. The van der Waals surface area contributed by atoms with Crippen LogP contribution in [-0.4, -0.2) is 37.4 Å². The number of carbonyl (C=O) groups excluding carboxylic acids is 1. The minimum atomic E-state index is -0.568. The first-order chi connectivity index (χ1) is 4.33. The van der Waals surface area contributed by atoms with E-state index in [0.29, 0.717) is 0 Å². The van der Waals surface area contributed by atoms with E-state index in [4.69, 9.17) is 4.79 Å². The molecular formula is C4H11NO3Si. The molecule has 0 bridgehead atoms. The van der Waals surface area contributed by atoms with E-state index >= 15 is 0 Å². The van der Waals surface area contributed by atoms with Crippen LogP contribution in [0.2, 0.25) is 0 Å². The molecule has 0 saturated carbocycles. The molecule has 0 aliphatic carbocycles. The van der Waals surface area contributed by atoms with Gasteiger partial charge in [0.1, 0.15) is 0 Å². The summed E-state index contributed by atoms with van der Waals surface area (Å²) in [5.74, 6) is 0. The average Bonchev–Trinajstić information content (AvgIpc) is 1.91. The van der Waals surface area contributed by atoms with Crippen molar-refractivity contribution in [2.24, 2.45) is 4.99 Å². The maximum absolute atomic E-state index is 8.88. The Balaban J connectivity index is 0. The Morgan fingerprint density at radius 2 is 1.78 bits per heavy atom. The van der Waals surface area contributed by atoms with Crippen LogP contribution in [0, 0.1) is 0 Å². The minimum Gasteiger partial charge on any atom is -0.402 e. The molecule has 0 aromatic heterocycles. The van der Waals surface area contributed by atoms with Crippen LogP contribution in [0.4, 0.5) is 0 Å². The lowest BCUT2D eigenvalue weighted by Gasteiger charge is -1.86. The first kappa shape index (κ1) is 11.3. The van der Waals surface area contributed by atoms with E-state index in [1.807, 2.05) is 0 Å². The summed E-state index contributed by atoms with van der Waals surface area (Å²) in [6.45, 7) is 0. The molecule has 0 spiro atoms. The molecule has 0 heterocycles. The highest BCUT2D eigenvalue weighted by molar-refractivity contribution is 6.17. The predicted octanol–water partition coefficient (Wildman–Crippen LogP) is -0.770. The lowest BCUT2D eigenvalue weighted by Crippen LogP contribution is -1.93. The van der Waals surface area contributed by atoms with Crippen LogP contribution in [-0.2, 0) is 13.6 Å². The smallest absolute Gasteiger partial charge is 0.303 e. The Morgan fingerprint density at radius 3 is 1.78 bits per heavy atom. The van der Waals surface area contributed by atoms with Crippen molar-refractivity contribution >= 4 is 16.1 Å². The van der Waals surface area contributed by atoms with E-state index in [1.165, 1.54) is 13.1 Å². The molecule has 0 aromatic carbocycles. The zero-order chi connectivity index (χ0) is 7.54. The van der Waals surface area contributed by atoms with Crippen molar-refractivity contribution in [1.82, 2.24) is 0 Å². The molecule has 0 unspecified atom stereocenters. The molecule has 0 rings (SSSR count). The van der Waals surface area contributed by atoms with Crippen LogP contribution in [0.5, 0.6) is 0 Å². The molecule has 5 heteroatoms. The van der Waals surface area contributed by atoms with Gasteiger partial charge in [0.15, 0.2) is 0 Å². The molecule has 0 aliphatic rings. The zero-order valence-electron chi connectivity index (χ0n) is 5.88. The van der Waals surface area contributed by atoms with Crippen LogP contribution in [0.1, 0.15) is 0 Å². The van der Waals surface area contributed by atoms with Crippen LogP contribution >= 0.6 is 0 Å². The highest BCUT2D eigenvalue weighted by Crippen LogP contribution is 1.55. The third kappa shape index (κ3) is 36.1. The fourth-order valence-corrected chi connectivity index (χ4v) is 0.354. The van der Waals surface area contributed by atoms with E-state index in [9.17, 15) is 0 Å². The average molecular weight is 149 g/mol. The van der Waals surface area contributed by atoms with Crippen LogP contribution in [0.15, 0.2) is 4.99 Å². The van der Waals surface area contributed by atoms with Gasteiger partial charge in [0.05, 0.1) is 0 Å². The first-order valence-corrected chi connectivity index (χ1v) is 3.42. The second-order valence-corrected chi connectivity index (χ2v) is 2.40. The lowest BCUT2D eigenvalue weighted by atomic mass is 11.4. The van der Waals surface area contributed by atoms with E-state index in [2.05, 4.69) is 13.8 Å². The fourth-order valence-electron chi connectivity index (χ4n) is 0.118. The number of hydrogen-bond acceptors (Lipinski definition) is 4. The number of aliphatic imine (C=N–C) groups is 1. The second-order valence-electron chi connectivity index (χ2n) is 1.01. The molecule has 0 atom stereocenters. The molecule has 0 N–H and O–H groups in total. The van der Waals surface area contributed by atoms with Gasteiger partial charge in [-0.1, -0.05) is 0 Å². The summed E-state index contributed by atoms with van der Waals surface area (Å²) in [5, 5.41) is 0. The molecule has 0 aromatic rings. The maximum atomic E-state index is 8.88. The van der Waals surface area contributed by atoms with E-state index in [0.717, 1.165) is 0 Å². The van der Waals surface area contributed by atoms with Crippen molar-refractivity contribution in [3.05, 3.63) is 0 Å². The van der Waals surface area contributed by atoms with Gasteiger partial charge >= 0.3 is 10.0 Å². The van der Waals surface area contributed by atoms with Crippen molar-refractivity contribution in [2.45, 2.75) is 0 Å². The van der Waals surface area contributed by atoms with Crippen LogP contribution in [0.3, 0.4) is 0 Å². The highest BCUT2D eigenvalue weighted by Gasteiger charge is 1.67. The van der Waals surface area contributed by atoms with Crippen molar-refractivity contribution in [3.63, 3.8) is 0 Å². The van der Waals surface area contributed by atoms with Gasteiger partial charge in [-0.15, -0.1) is 0 Å². The molecular weight excluding hydrogens is 138 g/mol. The Hall–Kier alpha value is -0.483. The van der Waals surface area contributed by atoms with Gasteiger partial charge in [0, 0.05) is 21.3 Å². The van der Waals surface area contributed by atoms with Crippen molar-refractivity contribution in [2.75, 3.05) is 21.3 Å². The summed E-state index contributed by atoms with van der Waals surface area (Å²) in [6, 6.07) is 0. The van der Waals surface area contributed by atoms with Crippen LogP contribution in [0.25, 0.3) is 0 Å². The topological polar surface area (TPSA) is 47.9 Å². The molecule has 0 aliphatic heterocycles. The second kappa shape index (κ2) is 15.6. The normalized spacial score (nSPS) is 6.56. The van der Waals surface area contributed by atoms with E-state index < -0.39 is 10.0 Å². The summed E-state index contributed by atoms with van der Waals surface area (Å²) in [6.07, 6.45) is 1.31. The number of isocyanates is 1. The molecule has 0 saturated heterocycles. The molecule has 54 valence electrons. The van der Waals surface area contributed by atoms with Gasteiger partial charge in [0.25, 0.3) is 0 Å². The van der Waals surface area contributed by atoms with Gasteiger partial charge in [-0.05, 0) is 0 Å². The molecule has 0 radical (unpaired) electrons. The largest absolute Gasteiger partial charge is 0.402 e. The Kier molecular flexibility index (Phi) is 19.7. The van der Waals surface area contributed by atoms with Crippen LogP contribution < -0.4 is 0 Å². The predicted molar refractivity (Wildman–Crippen MR) is 36.6 cm³/mol. The minimum absolute atomic E-state index is 0.568. The Bertz CT molecular complexity index is 79.9. The monoisotopic (exact) mass is 149 g/mol. The molecule has 0 fully saturated rings. The standard InChI is InChI=1S/C2H3NO.C2H8O2Si/c1-3-2-4;1-3-5-4-2/h1H3;5H2,1-2H3. The van der Waals surface area contributed by atoms with Gasteiger partial charge < -0.3 is 8.85 Å². The zero-order valence-corrected chi connectivity index (χ0v) is 7.29. The maximum Gasteiger partial charge on any atom is 0.303 e. The lowest BCUT2D eigenvalue weighted by molar-refractivity contribution is 0.309. The third-order valence-corrected chi connectivity index (χ3v) is 0.798. The van der Waals surface area contributed by atoms with E-state index in [1.54, 1.807) is 14.2 Å². The Labute approximate surface area is 56.9 Å². The number of rotatable bonds is 2. The number of nitrogens with zero attached hydrogens (tertiary/aromatic N) is 1. The highest BCUT2D eigenvalue weighted by atomic mass is 28.3. The molecule has 9 heavy (non-hydrogen) atoms.